The molecule has 0 saturated heterocycles. The van der Waals surface area contributed by atoms with Crippen molar-refractivity contribution in [2.75, 3.05) is 19.8 Å². The molecular weight excluding hydrogens is 334 g/mol. The van der Waals surface area contributed by atoms with Gasteiger partial charge in [0, 0.05) is 26.2 Å². The molecule has 3 rings (SSSR count). The molecule has 27 heavy (non-hydrogen) atoms. The van der Waals surface area contributed by atoms with Crippen LogP contribution in [0.3, 0.4) is 0 Å². The van der Waals surface area contributed by atoms with Crippen LogP contribution in [0.5, 0.6) is 0 Å². The van der Waals surface area contributed by atoms with Crippen molar-refractivity contribution in [1.29, 1.82) is 0 Å². The van der Waals surface area contributed by atoms with E-state index in [2.05, 4.69) is 65.6 Å². The monoisotopic (exact) mass is 365 g/mol. The molecule has 0 aliphatic heterocycles. The summed E-state index contributed by atoms with van der Waals surface area (Å²) in [7, 11) is 0. The van der Waals surface area contributed by atoms with Crippen molar-refractivity contribution < 1.29 is 9.84 Å². The topological polar surface area (TPSA) is 32.7 Å². The lowest BCUT2D eigenvalue weighted by Crippen LogP contribution is -2.34. The molecule has 2 atom stereocenters. The van der Waals surface area contributed by atoms with Crippen LogP contribution >= 0.6 is 0 Å². The number of benzene rings is 2. The normalized spacial score (nSPS) is 17.9. The Morgan fingerprint density at radius 3 is 2.11 bits per heavy atom. The lowest BCUT2D eigenvalue weighted by atomic mass is 9.95. The van der Waals surface area contributed by atoms with Gasteiger partial charge in [0.05, 0.1) is 12.7 Å². The van der Waals surface area contributed by atoms with E-state index in [-0.39, 0.29) is 0 Å². The van der Waals surface area contributed by atoms with Crippen LogP contribution in [0.1, 0.15) is 30.4 Å². The number of rotatable bonds is 10. The second kappa shape index (κ2) is 11.0. The second-order valence-corrected chi connectivity index (χ2v) is 7.48. The van der Waals surface area contributed by atoms with Gasteiger partial charge in [-0.05, 0) is 36.3 Å². The molecule has 1 aliphatic rings. The van der Waals surface area contributed by atoms with Crippen molar-refractivity contribution in [1.82, 2.24) is 4.90 Å². The van der Waals surface area contributed by atoms with Gasteiger partial charge in [0.2, 0.25) is 0 Å². The Labute approximate surface area is 163 Å². The number of ether oxygens (including phenoxy) is 1. The Bertz CT molecular complexity index is 630. The molecule has 0 unspecified atom stereocenters. The van der Waals surface area contributed by atoms with Gasteiger partial charge in [-0.15, -0.1) is 0 Å². The fourth-order valence-corrected chi connectivity index (χ4v) is 3.60. The number of aliphatic hydroxyl groups is 1. The largest absolute Gasteiger partial charge is 0.389 e. The summed E-state index contributed by atoms with van der Waals surface area (Å²) in [6, 6.07) is 20.9. The minimum atomic E-state index is -0.475. The molecule has 0 radical (unpaired) electrons. The lowest BCUT2D eigenvalue weighted by molar-refractivity contribution is 0.00114. The van der Waals surface area contributed by atoms with E-state index in [1.165, 1.54) is 17.5 Å². The molecule has 3 heteroatoms. The van der Waals surface area contributed by atoms with Gasteiger partial charge in [-0.1, -0.05) is 72.8 Å². The van der Waals surface area contributed by atoms with Crippen molar-refractivity contribution in [2.45, 2.75) is 38.5 Å². The summed E-state index contributed by atoms with van der Waals surface area (Å²) < 4.78 is 5.83. The third-order valence-electron chi connectivity index (χ3n) is 5.01. The van der Waals surface area contributed by atoms with Crippen LogP contribution in [0.15, 0.2) is 72.8 Å². The summed E-state index contributed by atoms with van der Waals surface area (Å²) in [5.41, 5.74) is 2.52. The Morgan fingerprint density at radius 2 is 1.56 bits per heavy atom. The van der Waals surface area contributed by atoms with Gasteiger partial charge < -0.3 is 9.84 Å². The van der Waals surface area contributed by atoms with E-state index in [9.17, 15) is 5.11 Å². The van der Waals surface area contributed by atoms with Crippen LogP contribution in [0.4, 0.5) is 0 Å². The van der Waals surface area contributed by atoms with E-state index >= 15 is 0 Å². The number of allylic oxidation sites excluding steroid dienone is 2. The van der Waals surface area contributed by atoms with Crippen molar-refractivity contribution in [3.63, 3.8) is 0 Å². The molecule has 0 spiro atoms. The zero-order chi connectivity index (χ0) is 18.7. The van der Waals surface area contributed by atoms with Gasteiger partial charge in [-0.25, -0.2) is 0 Å². The lowest BCUT2D eigenvalue weighted by Gasteiger charge is -2.26. The summed E-state index contributed by atoms with van der Waals surface area (Å²) in [5, 5.41) is 10.5. The first-order chi connectivity index (χ1) is 13.3. The van der Waals surface area contributed by atoms with Crippen LogP contribution in [0, 0.1) is 5.92 Å². The van der Waals surface area contributed by atoms with Gasteiger partial charge in [-0.2, -0.15) is 0 Å². The Morgan fingerprint density at radius 1 is 0.926 bits per heavy atom. The highest BCUT2D eigenvalue weighted by atomic mass is 16.5. The summed E-state index contributed by atoms with van der Waals surface area (Å²) in [6.45, 7) is 3.40. The van der Waals surface area contributed by atoms with Crippen molar-refractivity contribution in [3.05, 3.63) is 83.9 Å². The molecule has 0 bridgehead atoms. The quantitative estimate of drug-likeness (QED) is 0.633. The minimum absolute atomic E-state index is 0.403. The minimum Gasteiger partial charge on any atom is -0.389 e. The molecule has 2 aromatic carbocycles. The Kier molecular flexibility index (Phi) is 8.09. The second-order valence-electron chi connectivity index (χ2n) is 7.48. The maximum Gasteiger partial charge on any atom is 0.0900 e. The van der Waals surface area contributed by atoms with Crippen molar-refractivity contribution in [2.24, 2.45) is 5.92 Å². The van der Waals surface area contributed by atoms with Crippen LogP contribution in [-0.2, 0) is 17.8 Å². The van der Waals surface area contributed by atoms with Crippen LogP contribution in [0.25, 0.3) is 0 Å². The predicted octanol–water partition coefficient (Wildman–Crippen LogP) is 4.42. The van der Waals surface area contributed by atoms with Crippen molar-refractivity contribution in [3.8, 4) is 0 Å². The predicted molar refractivity (Wildman–Crippen MR) is 110 cm³/mol. The molecule has 0 aromatic heterocycles. The molecule has 0 saturated carbocycles. The number of hydrogen-bond acceptors (Lipinski definition) is 3. The van der Waals surface area contributed by atoms with Gasteiger partial charge >= 0.3 is 0 Å². The maximum atomic E-state index is 10.5. The fourth-order valence-electron chi connectivity index (χ4n) is 3.60. The average Bonchev–Trinajstić information content (AvgIpc) is 2.70. The third-order valence-corrected chi connectivity index (χ3v) is 5.01. The molecule has 0 heterocycles. The zero-order valence-corrected chi connectivity index (χ0v) is 16.0. The number of nitrogens with zero attached hydrogens (tertiary/aromatic N) is 1. The molecule has 144 valence electrons. The first kappa shape index (κ1) is 19.8. The molecule has 3 nitrogen and oxygen atoms in total. The third kappa shape index (κ3) is 7.30. The van der Waals surface area contributed by atoms with E-state index in [0.29, 0.717) is 19.1 Å². The summed E-state index contributed by atoms with van der Waals surface area (Å²) in [6.07, 6.45) is 7.46. The molecule has 2 aromatic rings. The SMILES string of the molecule is O[C@@H](COC[C@@H]1CC=CCC1)CN(Cc1ccccc1)Cc1ccccc1. The highest BCUT2D eigenvalue weighted by Crippen LogP contribution is 2.18. The van der Waals surface area contributed by atoms with E-state index in [1.807, 2.05) is 12.1 Å². The molecular formula is C24H31NO2. The van der Waals surface area contributed by atoms with Gasteiger partial charge in [0.15, 0.2) is 0 Å². The highest BCUT2D eigenvalue weighted by Gasteiger charge is 2.15. The van der Waals surface area contributed by atoms with E-state index in [4.69, 9.17) is 4.74 Å². The molecule has 0 fully saturated rings. The number of hydrogen-bond donors (Lipinski definition) is 1. The zero-order valence-electron chi connectivity index (χ0n) is 16.0. The summed E-state index contributed by atoms with van der Waals surface area (Å²) in [4.78, 5) is 2.29. The molecule has 1 aliphatic carbocycles. The Balaban J connectivity index is 1.50. The van der Waals surface area contributed by atoms with Crippen LogP contribution in [0.2, 0.25) is 0 Å². The van der Waals surface area contributed by atoms with E-state index in [1.54, 1.807) is 0 Å². The first-order valence-corrected chi connectivity index (χ1v) is 10.0. The summed E-state index contributed by atoms with van der Waals surface area (Å²) >= 11 is 0. The smallest absolute Gasteiger partial charge is 0.0900 e. The summed E-state index contributed by atoms with van der Waals surface area (Å²) in [5.74, 6) is 0.604. The fraction of sp³-hybridized carbons (Fsp3) is 0.417. The van der Waals surface area contributed by atoms with Gasteiger partial charge in [0.25, 0.3) is 0 Å². The Hall–Kier alpha value is -1.94. The van der Waals surface area contributed by atoms with E-state index < -0.39 is 6.10 Å². The van der Waals surface area contributed by atoms with Gasteiger partial charge in [0.1, 0.15) is 0 Å². The average molecular weight is 366 g/mol. The highest BCUT2D eigenvalue weighted by molar-refractivity contribution is 5.17. The van der Waals surface area contributed by atoms with Crippen LogP contribution in [-0.4, -0.2) is 35.9 Å². The number of aliphatic hydroxyl groups excluding tert-OH is 1. The van der Waals surface area contributed by atoms with Crippen LogP contribution < -0.4 is 0 Å². The first-order valence-electron chi connectivity index (χ1n) is 10.0. The van der Waals surface area contributed by atoms with E-state index in [0.717, 1.165) is 32.5 Å². The molecule has 0 amide bonds. The maximum absolute atomic E-state index is 10.5. The standard InChI is InChI=1S/C24H31NO2/c26-24(20-27-19-23-14-8-3-9-15-23)18-25(16-21-10-4-1-5-11-21)17-22-12-6-2-7-13-22/h1-8,10-13,23-24,26H,9,14-20H2/t23-,24-/m1/s1. The van der Waals surface area contributed by atoms with Crippen molar-refractivity contribution >= 4 is 0 Å². The molecule has 1 N–H and O–H groups in total. The van der Waals surface area contributed by atoms with Gasteiger partial charge in [-0.3, -0.25) is 4.90 Å².